The van der Waals surface area contributed by atoms with E-state index in [2.05, 4.69) is 33.3 Å². The summed E-state index contributed by atoms with van der Waals surface area (Å²) in [4.78, 5) is 11.7. The number of hydrogen-bond acceptors (Lipinski definition) is 3. The Morgan fingerprint density at radius 2 is 2.25 bits per heavy atom. The van der Waals surface area contributed by atoms with Crippen molar-refractivity contribution in [2.24, 2.45) is 0 Å². The summed E-state index contributed by atoms with van der Waals surface area (Å²) in [6.07, 6.45) is 0. The second kappa shape index (κ2) is 3.96. The molecule has 0 N–H and O–H groups in total. The van der Waals surface area contributed by atoms with Crippen LogP contribution in [-0.4, -0.2) is 13.1 Å². The van der Waals surface area contributed by atoms with E-state index in [1.807, 2.05) is 6.07 Å². The summed E-state index contributed by atoms with van der Waals surface area (Å²) in [5.41, 5.74) is 0.468. The zero-order valence-corrected chi connectivity index (χ0v) is 8.85. The van der Waals surface area contributed by atoms with Crippen LogP contribution in [0, 0.1) is 0 Å². The number of halogens is 1. The van der Waals surface area contributed by atoms with Crippen molar-refractivity contribution in [1.29, 1.82) is 0 Å². The van der Waals surface area contributed by atoms with Gasteiger partial charge in [0.1, 0.15) is 0 Å². The Labute approximate surface area is 84.5 Å². The molecule has 4 heteroatoms. The third-order valence-corrected chi connectivity index (χ3v) is 2.25. The minimum atomic E-state index is -0.374. The van der Waals surface area contributed by atoms with Gasteiger partial charge in [0.05, 0.1) is 12.7 Å². The molecule has 0 aliphatic carbocycles. The highest BCUT2D eigenvalue weighted by Gasteiger charge is 2.09. The van der Waals surface area contributed by atoms with Crippen molar-refractivity contribution in [3.05, 3.63) is 28.2 Å². The third-order valence-electron chi connectivity index (χ3n) is 1.36. The first-order chi connectivity index (χ1) is 5.65. The standard InChI is InChI=1S/C8H7BrO2S/c1-11-8(10)6-4-5(9)2-3-7(6)12/h2-4,12H,1H3. The lowest BCUT2D eigenvalue weighted by Gasteiger charge is -2.02. The fourth-order valence-electron chi connectivity index (χ4n) is 0.782. The van der Waals surface area contributed by atoms with Crippen LogP contribution in [0.1, 0.15) is 10.4 Å². The number of carbonyl (C=O) groups is 1. The maximum Gasteiger partial charge on any atom is 0.339 e. The highest BCUT2D eigenvalue weighted by molar-refractivity contribution is 9.10. The predicted molar refractivity (Wildman–Crippen MR) is 52.7 cm³/mol. The van der Waals surface area contributed by atoms with Crippen LogP contribution in [0.2, 0.25) is 0 Å². The summed E-state index contributed by atoms with van der Waals surface area (Å²) in [6.45, 7) is 0. The highest BCUT2D eigenvalue weighted by Crippen LogP contribution is 2.19. The lowest BCUT2D eigenvalue weighted by atomic mass is 10.2. The monoisotopic (exact) mass is 246 g/mol. The summed E-state index contributed by atoms with van der Waals surface area (Å²) >= 11 is 7.37. The van der Waals surface area contributed by atoms with E-state index < -0.39 is 0 Å². The highest BCUT2D eigenvalue weighted by atomic mass is 79.9. The number of benzene rings is 1. The van der Waals surface area contributed by atoms with Gasteiger partial charge < -0.3 is 4.74 Å². The number of ether oxygens (including phenoxy) is 1. The topological polar surface area (TPSA) is 26.3 Å². The molecule has 2 nitrogen and oxygen atoms in total. The molecule has 0 aromatic heterocycles. The van der Waals surface area contributed by atoms with E-state index in [9.17, 15) is 4.79 Å². The molecule has 0 saturated carbocycles. The van der Waals surface area contributed by atoms with E-state index in [-0.39, 0.29) is 5.97 Å². The van der Waals surface area contributed by atoms with Crippen LogP contribution in [0.25, 0.3) is 0 Å². The van der Waals surface area contributed by atoms with Gasteiger partial charge in [0, 0.05) is 9.37 Å². The van der Waals surface area contributed by atoms with E-state index >= 15 is 0 Å². The van der Waals surface area contributed by atoms with Crippen molar-refractivity contribution in [2.75, 3.05) is 7.11 Å². The summed E-state index contributed by atoms with van der Waals surface area (Å²) in [7, 11) is 1.34. The van der Waals surface area contributed by atoms with E-state index in [4.69, 9.17) is 0 Å². The van der Waals surface area contributed by atoms with Crippen LogP contribution in [-0.2, 0) is 4.74 Å². The first-order valence-corrected chi connectivity index (χ1v) is 4.46. The molecule has 12 heavy (non-hydrogen) atoms. The first kappa shape index (κ1) is 9.61. The fraction of sp³-hybridized carbons (Fsp3) is 0.125. The Kier molecular flexibility index (Phi) is 3.17. The van der Waals surface area contributed by atoms with Gasteiger partial charge in [0.2, 0.25) is 0 Å². The lowest BCUT2D eigenvalue weighted by molar-refractivity contribution is 0.0597. The Morgan fingerprint density at radius 3 is 2.83 bits per heavy atom. The van der Waals surface area contributed by atoms with Gasteiger partial charge in [0.15, 0.2) is 0 Å². The molecule has 0 radical (unpaired) electrons. The second-order valence-electron chi connectivity index (χ2n) is 2.15. The average Bonchev–Trinajstić information content (AvgIpc) is 2.08. The summed E-state index contributed by atoms with van der Waals surface area (Å²) < 4.78 is 5.40. The van der Waals surface area contributed by atoms with Gasteiger partial charge in [-0.3, -0.25) is 0 Å². The van der Waals surface area contributed by atoms with Gasteiger partial charge in [-0.1, -0.05) is 15.9 Å². The van der Waals surface area contributed by atoms with E-state index in [0.717, 1.165) is 4.47 Å². The molecule has 1 aromatic carbocycles. The summed E-state index contributed by atoms with van der Waals surface area (Å²) in [6, 6.07) is 5.22. The molecule has 0 aliphatic rings. The molecule has 0 bridgehead atoms. The number of rotatable bonds is 1. The number of methoxy groups -OCH3 is 1. The maximum absolute atomic E-state index is 11.1. The van der Waals surface area contributed by atoms with Gasteiger partial charge in [-0.2, -0.15) is 0 Å². The van der Waals surface area contributed by atoms with Gasteiger partial charge in [0.25, 0.3) is 0 Å². The molecular weight excluding hydrogens is 240 g/mol. The van der Waals surface area contributed by atoms with Crippen LogP contribution in [0.3, 0.4) is 0 Å². The number of esters is 1. The molecule has 0 amide bonds. The van der Waals surface area contributed by atoms with Crippen LogP contribution in [0.4, 0.5) is 0 Å². The molecule has 0 unspecified atom stereocenters. The minimum Gasteiger partial charge on any atom is -0.465 e. The zero-order chi connectivity index (χ0) is 9.14. The molecule has 0 aliphatic heterocycles. The molecule has 0 atom stereocenters. The van der Waals surface area contributed by atoms with Gasteiger partial charge in [-0.25, -0.2) is 4.79 Å². The Balaban J connectivity index is 3.13. The SMILES string of the molecule is COC(=O)c1cc(Br)ccc1S. The van der Waals surface area contributed by atoms with Gasteiger partial charge in [-0.15, -0.1) is 12.6 Å². The van der Waals surface area contributed by atoms with Crippen LogP contribution in [0.15, 0.2) is 27.6 Å². The average molecular weight is 247 g/mol. The number of carbonyl (C=O) groups excluding carboxylic acids is 1. The normalized spacial score (nSPS) is 9.58. The minimum absolute atomic E-state index is 0.374. The zero-order valence-electron chi connectivity index (χ0n) is 6.37. The lowest BCUT2D eigenvalue weighted by Crippen LogP contribution is -2.02. The van der Waals surface area contributed by atoms with Gasteiger partial charge in [-0.05, 0) is 18.2 Å². The van der Waals surface area contributed by atoms with Crippen molar-refractivity contribution in [3.63, 3.8) is 0 Å². The second-order valence-corrected chi connectivity index (χ2v) is 3.55. The Morgan fingerprint density at radius 1 is 1.58 bits per heavy atom. The molecule has 0 fully saturated rings. The molecule has 64 valence electrons. The fourth-order valence-corrected chi connectivity index (χ4v) is 1.37. The quantitative estimate of drug-likeness (QED) is 0.609. The molecular formula is C8H7BrO2S. The van der Waals surface area contributed by atoms with E-state index in [1.54, 1.807) is 12.1 Å². The molecule has 0 saturated heterocycles. The molecule has 0 heterocycles. The van der Waals surface area contributed by atoms with Crippen LogP contribution >= 0.6 is 28.6 Å². The van der Waals surface area contributed by atoms with Crippen molar-refractivity contribution >= 4 is 34.5 Å². The van der Waals surface area contributed by atoms with Crippen molar-refractivity contribution in [3.8, 4) is 0 Å². The van der Waals surface area contributed by atoms with E-state index in [0.29, 0.717) is 10.5 Å². The smallest absolute Gasteiger partial charge is 0.339 e. The van der Waals surface area contributed by atoms with Crippen molar-refractivity contribution in [2.45, 2.75) is 4.90 Å². The van der Waals surface area contributed by atoms with Crippen LogP contribution < -0.4 is 0 Å². The maximum atomic E-state index is 11.1. The third kappa shape index (κ3) is 2.01. The largest absolute Gasteiger partial charge is 0.465 e. The first-order valence-electron chi connectivity index (χ1n) is 3.22. The van der Waals surface area contributed by atoms with E-state index in [1.165, 1.54) is 7.11 Å². The number of thiol groups is 1. The molecule has 1 rings (SSSR count). The summed E-state index contributed by atoms with van der Waals surface area (Å²) in [5, 5.41) is 0. The Hall–Kier alpha value is -0.480. The predicted octanol–water partition coefficient (Wildman–Crippen LogP) is 2.52. The summed E-state index contributed by atoms with van der Waals surface area (Å²) in [5.74, 6) is -0.374. The van der Waals surface area contributed by atoms with Crippen molar-refractivity contribution < 1.29 is 9.53 Å². The van der Waals surface area contributed by atoms with Gasteiger partial charge >= 0.3 is 5.97 Å². The molecule has 0 spiro atoms. The van der Waals surface area contributed by atoms with Crippen molar-refractivity contribution in [1.82, 2.24) is 0 Å². The molecule has 1 aromatic rings. The van der Waals surface area contributed by atoms with Crippen LogP contribution in [0.5, 0.6) is 0 Å². The Bertz CT molecular complexity index is 312. The number of hydrogen-bond donors (Lipinski definition) is 1.